The van der Waals surface area contributed by atoms with Crippen molar-refractivity contribution in [3.05, 3.63) is 48.5 Å². The van der Waals surface area contributed by atoms with Crippen LogP contribution in [0.3, 0.4) is 0 Å². The number of fused-ring (bicyclic) bond motifs is 1. The molecular formula is C13H11N3OS. The largest absolute Gasteiger partial charge is 0.440 e. The zero-order chi connectivity index (χ0) is 12.4. The van der Waals surface area contributed by atoms with Gasteiger partial charge in [-0.2, -0.15) is 0 Å². The molecule has 90 valence electrons. The molecule has 0 saturated carbocycles. The van der Waals surface area contributed by atoms with Crippen molar-refractivity contribution >= 4 is 28.5 Å². The lowest BCUT2D eigenvalue weighted by Gasteiger charge is -1.95. The Balaban J connectivity index is 1.79. The Morgan fingerprint density at radius 1 is 1.22 bits per heavy atom. The molecule has 2 aromatic heterocycles. The summed E-state index contributed by atoms with van der Waals surface area (Å²) in [5.74, 6) is 1.34. The van der Waals surface area contributed by atoms with Gasteiger partial charge in [0.1, 0.15) is 5.52 Å². The molecule has 0 aliphatic heterocycles. The first-order chi connectivity index (χ1) is 8.81. The van der Waals surface area contributed by atoms with Crippen LogP contribution in [0.15, 0.2) is 52.0 Å². The van der Waals surface area contributed by atoms with Gasteiger partial charge in [-0.25, -0.2) is 9.97 Å². The van der Waals surface area contributed by atoms with Gasteiger partial charge in [-0.3, -0.25) is 0 Å². The number of nitrogen functional groups attached to an aromatic ring is 1. The third-order valence-electron chi connectivity index (χ3n) is 2.44. The van der Waals surface area contributed by atoms with Crippen molar-refractivity contribution in [3.63, 3.8) is 0 Å². The summed E-state index contributed by atoms with van der Waals surface area (Å²) in [6.45, 7) is 0. The number of nitrogens with zero attached hydrogens (tertiary/aromatic N) is 2. The van der Waals surface area contributed by atoms with Crippen molar-refractivity contribution < 1.29 is 4.42 Å². The molecule has 1 aromatic carbocycles. The van der Waals surface area contributed by atoms with E-state index in [2.05, 4.69) is 9.97 Å². The molecule has 0 spiro atoms. The summed E-state index contributed by atoms with van der Waals surface area (Å²) in [6.07, 6.45) is 1.77. The lowest BCUT2D eigenvalue weighted by molar-refractivity contribution is 0.556. The van der Waals surface area contributed by atoms with E-state index in [1.54, 1.807) is 24.0 Å². The van der Waals surface area contributed by atoms with E-state index in [1.807, 2.05) is 30.3 Å². The van der Waals surface area contributed by atoms with Gasteiger partial charge in [0.2, 0.25) is 5.89 Å². The molecule has 0 aliphatic carbocycles. The highest BCUT2D eigenvalue weighted by molar-refractivity contribution is 7.98. The van der Waals surface area contributed by atoms with Crippen LogP contribution in [-0.2, 0) is 5.75 Å². The van der Waals surface area contributed by atoms with Crippen molar-refractivity contribution in [3.8, 4) is 0 Å². The molecule has 0 saturated heterocycles. The van der Waals surface area contributed by atoms with Gasteiger partial charge in [-0.05, 0) is 24.3 Å². The van der Waals surface area contributed by atoms with Crippen molar-refractivity contribution in [2.24, 2.45) is 0 Å². The topological polar surface area (TPSA) is 64.9 Å². The van der Waals surface area contributed by atoms with Gasteiger partial charge in [0, 0.05) is 18.0 Å². The van der Waals surface area contributed by atoms with E-state index in [0.717, 1.165) is 16.1 Å². The molecule has 0 bridgehead atoms. The predicted octanol–water partition coefficient (Wildman–Crippen LogP) is 3.10. The quantitative estimate of drug-likeness (QED) is 0.577. The molecule has 0 atom stereocenters. The van der Waals surface area contributed by atoms with E-state index in [0.29, 0.717) is 17.3 Å². The first-order valence-corrected chi connectivity index (χ1v) is 6.48. The second-order valence-electron chi connectivity index (χ2n) is 3.79. The van der Waals surface area contributed by atoms with Gasteiger partial charge >= 0.3 is 0 Å². The zero-order valence-electron chi connectivity index (χ0n) is 9.54. The Hall–Kier alpha value is -2.01. The molecule has 0 fully saturated rings. The number of rotatable bonds is 3. The summed E-state index contributed by atoms with van der Waals surface area (Å²) >= 11 is 1.59. The van der Waals surface area contributed by atoms with Gasteiger partial charge in [0.15, 0.2) is 5.58 Å². The van der Waals surface area contributed by atoms with E-state index < -0.39 is 0 Å². The highest BCUT2D eigenvalue weighted by Crippen LogP contribution is 2.24. The minimum Gasteiger partial charge on any atom is -0.440 e. The van der Waals surface area contributed by atoms with Crippen LogP contribution in [0.2, 0.25) is 0 Å². The monoisotopic (exact) mass is 257 g/mol. The van der Waals surface area contributed by atoms with Crippen LogP contribution in [0.25, 0.3) is 11.1 Å². The van der Waals surface area contributed by atoms with Crippen molar-refractivity contribution in [2.75, 3.05) is 5.73 Å². The average molecular weight is 257 g/mol. The SMILES string of the molecule is Nc1ccc2nc(CSc3ccccn3)oc2c1. The summed E-state index contributed by atoms with van der Waals surface area (Å²) in [4.78, 5) is 8.63. The molecule has 18 heavy (non-hydrogen) atoms. The molecule has 0 amide bonds. The molecule has 5 heteroatoms. The maximum atomic E-state index is 5.70. The molecule has 2 heterocycles. The number of benzene rings is 1. The fourth-order valence-corrected chi connectivity index (χ4v) is 2.32. The number of aromatic nitrogens is 2. The third kappa shape index (κ3) is 2.31. The Morgan fingerprint density at radius 2 is 2.17 bits per heavy atom. The first kappa shape index (κ1) is 11.1. The van der Waals surface area contributed by atoms with Crippen LogP contribution in [0.1, 0.15) is 5.89 Å². The van der Waals surface area contributed by atoms with Crippen LogP contribution in [0.5, 0.6) is 0 Å². The van der Waals surface area contributed by atoms with Crippen LogP contribution in [0.4, 0.5) is 5.69 Å². The van der Waals surface area contributed by atoms with Gasteiger partial charge in [0.25, 0.3) is 0 Å². The number of nitrogens with two attached hydrogens (primary N) is 1. The number of hydrogen-bond donors (Lipinski definition) is 1. The highest BCUT2D eigenvalue weighted by atomic mass is 32.2. The minimum atomic E-state index is 0.658. The lowest BCUT2D eigenvalue weighted by Crippen LogP contribution is -1.82. The smallest absolute Gasteiger partial charge is 0.205 e. The Kier molecular flexibility index (Phi) is 2.90. The van der Waals surface area contributed by atoms with Gasteiger partial charge < -0.3 is 10.2 Å². The molecule has 4 nitrogen and oxygen atoms in total. The van der Waals surface area contributed by atoms with E-state index in [1.165, 1.54) is 0 Å². The van der Waals surface area contributed by atoms with Gasteiger partial charge in [0.05, 0.1) is 10.8 Å². The molecule has 0 aliphatic rings. The maximum absolute atomic E-state index is 5.70. The van der Waals surface area contributed by atoms with E-state index in [-0.39, 0.29) is 0 Å². The Morgan fingerprint density at radius 3 is 3.00 bits per heavy atom. The van der Waals surface area contributed by atoms with Crippen molar-refractivity contribution in [2.45, 2.75) is 10.8 Å². The fourth-order valence-electron chi connectivity index (χ4n) is 1.62. The second kappa shape index (κ2) is 4.70. The fraction of sp³-hybridized carbons (Fsp3) is 0.0769. The van der Waals surface area contributed by atoms with Gasteiger partial charge in [-0.15, -0.1) is 0 Å². The molecule has 0 radical (unpaired) electrons. The number of pyridine rings is 1. The summed E-state index contributed by atoms with van der Waals surface area (Å²) in [5.41, 5.74) is 7.94. The molecule has 3 rings (SSSR count). The van der Waals surface area contributed by atoms with Crippen LogP contribution < -0.4 is 5.73 Å². The Labute approximate surface area is 108 Å². The molecule has 2 N–H and O–H groups in total. The zero-order valence-corrected chi connectivity index (χ0v) is 10.4. The van der Waals surface area contributed by atoms with Crippen molar-refractivity contribution in [1.82, 2.24) is 9.97 Å². The normalized spacial score (nSPS) is 10.9. The van der Waals surface area contributed by atoms with E-state index in [4.69, 9.17) is 10.2 Å². The number of anilines is 1. The molecule has 3 aromatic rings. The highest BCUT2D eigenvalue weighted by Gasteiger charge is 2.06. The van der Waals surface area contributed by atoms with E-state index in [9.17, 15) is 0 Å². The first-order valence-electron chi connectivity index (χ1n) is 5.50. The van der Waals surface area contributed by atoms with E-state index >= 15 is 0 Å². The summed E-state index contributed by atoms with van der Waals surface area (Å²) in [6, 6.07) is 11.3. The lowest BCUT2D eigenvalue weighted by atomic mass is 10.3. The number of oxazole rings is 1. The number of thioether (sulfide) groups is 1. The summed E-state index contributed by atoms with van der Waals surface area (Å²) < 4.78 is 5.63. The van der Waals surface area contributed by atoms with Crippen LogP contribution in [0, 0.1) is 0 Å². The second-order valence-corrected chi connectivity index (χ2v) is 4.79. The summed E-state index contributed by atoms with van der Waals surface area (Å²) in [5, 5.41) is 0.958. The maximum Gasteiger partial charge on any atom is 0.205 e. The Bertz CT molecular complexity index is 666. The predicted molar refractivity (Wildman–Crippen MR) is 72.2 cm³/mol. The standard InChI is InChI=1S/C13H11N3OS/c14-9-4-5-10-11(7-9)17-12(16-10)8-18-13-3-1-2-6-15-13/h1-7H,8,14H2. The molecular weight excluding hydrogens is 246 g/mol. The van der Waals surface area contributed by atoms with Crippen LogP contribution in [-0.4, -0.2) is 9.97 Å². The van der Waals surface area contributed by atoms with Crippen LogP contribution >= 0.6 is 11.8 Å². The summed E-state index contributed by atoms with van der Waals surface area (Å²) in [7, 11) is 0. The van der Waals surface area contributed by atoms with Gasteiger partial charge in [-0.1, -0.05) is 17.8 Å². The molecule has 0 unspecified atom stereocenters. The average Bonchev–Trinajstić information content (AvgIpc) is 2.79. The van der Waals surface area contributed by atoms with Crippen molar-refractivity contribution in [1.29, 1.82) is 0 Å². The number of hydrogen-bond acceptors (Lipinski definition) is 5. The third-order valence-corrected chi connectivity index (χ3v) is 3.37. The minimum absolute atomic E-state index is 0.658.